The van der Waals surface area contributed by atoms with Gasteiger partial charge in [0.05, 0.1) is 0 Å². The van der Waals surface area contributed by atoms with Crippen LogP contribution in [0.5, 0.6) is 0 Å². The lowest BCUT2D eigenvalue weighted by Gasteiger charge is -2.29. The van der Waals surface area contributed by atoms with Crippen LogP contribution < -0.4 is 5.73 Å². The van der Waals surface area contributed by atoms with Gasteiger partial charge in [-0.05, 0) is 30.4 Å². The molecule has 3 heterocycles. The first-order valence-electron chi connectivity index (χ1n) is 10.2. The van der Waals surface area contributed by atoms with E-state index in [9.17, 15) is 9.59 Å². The molecule has 0 spiro atoms. The summed E-state index contributed by atoms with van der Waals surface area (Å²) >= 11 is 0. The van der Waals surface area contributed by atoms with Gasteiger partial charge in [-0.25, -0.2) is 19.3 Å². The fourth-order valence-electron chi connectivity index (χ4n) is 3.92. The Bertz CT molecular complexity index is 969. The van der Waals surface area contributed by atoms with Gasteiger partial charge in [-0.15, -0.1) is 0 Å². The van der Waals surface area contributed by atoms with Crippen LogP contribution in [0.25, 0.3) is 5.57 Å². The van der Waals surface area contributed by atoms with Crippen LogP contribution in [0.3, 0.4) is 0 Å². The van der Waals surface area contributed by atoms with Gasteiger partial charge >= 0.3 is 11.9 Å². The molecule has 9 nitrogen and oxygen atoms in total. The molecular formula is C22H27N5O4. The number of hydrogen-bond acceptors (Lipinski definition) is 6. The molecule has 164 valence electrons. The van der Waals surface area contributed by atoms with E-state index in [1.54, 1.807) is 6.33 Å². The van der Waals surface area contributed by atoms with E-state index in [4.69, 9.17) is 15.9 Å². The molecular weight excluding hydrogens is 398 g/mol. The predicted octanol–water partition coefficient (Wildman–Crippen LogP) is 1.40. The van der Waals surface area contributed by atoms with Crippen LogP contribution in [-0.2, 0) is 22.6 Å². The van der Waals surface area contributed by atoms with Gasteiger partial charge in [-0.2, -0.15) is 5.10 Å². The lowest BCUT2D eigenvalue weighted by Crippen LogP contribution is -2.35. The van der Waals surface area contributed by atoms with Crippen molar-refractivity contribution in [3.63, 3.8) is 0 Å². The first-order chi connectivity index (χ1) is 15.0. The van der Waals surface area contributed by atoms with E-state index in [1.165, 1.54) is 22.3 Å². The number of aromatic nitrogens is 3. The number of fused-ring (bicyclic) bond motifs is 2. The van der Waals surface area contributed by atoms with Gasteiger partial charge in [0, 0.05) is 50.4 Å². The Balaban J connectivity index is 0.000000293. The lowest BCUT2D eigenvalue weighted by atomic mass is 9.90. The largest absolute Gasteiger partial charge is 0.478 e. The average molecular weight is 425 g/mol. The Morgan fingerprint density at radius 2 is 1.71 bits per heavy atom. The van der Waals surface area contributed by atoms with Crippen molar-refractivity contribution in [1.29, 1.82) is 0 Å². The standard InChI is InChI=1S/C18H23N5.C4H4O4/c19-8-12-22-9-5-15(6-10-22)17-16-4-2-1-3-14(16)7-11-23-18(17)20-13-21-23;5-3(6)1-2-4(7)8/h1-4,13H,5-12,19H2;1-2H,(H,5,6)(H,7,8)/b;2-1+. The number of piperidine rings is 1. The Labute approximate surface area is 180 Å². The number of benzene rings is 1. The number of rotatable bonds is 4. The first kappa shape index (κ1) is 22.4. The lowest BCUT2D eigenvalue weighted by molar-refractivity contribution is -0.134. The van der Waals surface area contributed by atoms with E-state index in [0.29, 0.717) is 12.2 Å². The van der Waals surface area contributed by atoms with Crippen molar-refractivity contribution in [1.82, 2.24) is 19.7 Å². The van der Waals surface area contributed by atoms with Crippen LogP contribution in [0.1, 0.15) is 29.8 Å². The molecule has 1 aromatic carbocycles. The summed E-state index contributed by atoms with van der Waals surface area (Å²) in [5.74, 6) is -1.47. The third-order valence-corrected chi connectivity index (χ3v) is 5.35. The number of nitrogens with two attached hydrogens (primary N) is 1. The fraction of sp³-hybridized carbons (Fsp3) is 0.364. The molecule has 2 aliphatic rings. The zero-order valence-corrected chi connectivity index (χ0v) is 17.3. The summed E-state index contributed by atoms with van der Waals surface area (Å²) in [6, 6.07) is 8.75. The van der Waals surface area contributed by atoms with Crippen molar-refractivity contribution in [3.05, 3.63) is 65.3 Å². The van der Waals surface area contributed by atoms with Gasteiger partial charge in [-0.3, -0.25) is 0 Å². The van der Waals surface area contributed by atoms with Gasteiger partial charge in [-0.1, -0.05) is 29.8 Å². The molecule has 2 aromatic rings. The van der Waals surface area contributed by atoms with Crippen molar-refractivity contribution >= 4 is 17.5 Å². The first-order valence-corrected chi connectivity index (χ1v) is 10.2. The molecule has 0 saturated carbocycles. The third kappa shape index (κ3) is 5.87. The molecule has 4 N–H and O–H groups in total. The molecule has 0 aliphatic carbocycles. The summed E-state index contributed by atoms with van der Waals surface area (Å²) in [7, 11) is 0. The zero-order valence-electron chi connectivity index (χ0n) is 17.3. The highest BCUT2D eigenvalue weighted by atomic mass is 16.4. The van der Waals surface area contributed by atoms with Crippen molar-refractivity contribution in [3.8, 4) is 0 Å². The molecule has 9 heteroatoms. The minimum atomic E-state index is -1.26. The Hall–Kier alpha value is -3.30. The summed E-state index contributed by atoms with van der Waals surface area (Å²) < 4.78 is 2.06. The fourth-order valence-corrected chi connectivity index (χ4v) is 3.92. The maximum absolute atomic E-state index is 9.55. The molecule has 1 aromatic heterocycles. The van der Waals surface area contributed by atoms with Gasteiger partial charge in [0.15, 0.2) is 5.82 Å². The van der Waals surface area contributed by atoms with Crippen LogP contribution in [0.15, 0.2) is 48.3 Å². The number of hydrogen-bond donors (Lipinski definition) is 3. The molecule has 2 aliphatic heterocycles. The number of nitrogens with zero attached hydrogens (tertiary/aromatic N) is 4. The maximum atomic E-state index is 9.55. The Morgan fingerprint density at radius 1 is 1.03 bits per heavy atom. The van der Waals surface area contributed by atoms with Crippen LogP contribution in [0, 0.1) is 0 Å². The number of likely N-dealkylation sites (tertiary alicyclic amines) is 1. The minimum absolute atomic E-state index is 0.558. The van der Waals surface area contributed by atoms with Crippen LogP contribution in [0.2, 0.25) is 0 Å². The molecule has 0 radical (unpaired) electrons. The van der Waals surface area contributed by atoms with Crippen LogP contribution >= 0.6 is 0 Å². The van der Waals surface area contributed by atoms with E-state index in [0.717, 1.165) is 57.8 Å². The highest BCUT2D eigenvalue weighted by molar-refractivity contribution is 5.89. The van der Waals surface area contributed by atoms with Gasteiger partial charge in [0.1, 0.15) is 6.33 Å². The molecule has 0 atom stereocenters. The quantitative estimate of drug-likeness (QED) is 0.626. The SMILES string of the molecule is NCCN1CCC(=C2c3ccccc3CCn3ncnc32)CC1.O=C(O)/C=C/C(=O)O. The molecule has 0 amide bonds. The third-order valence-electron chi connectivity index (χ3n) is 5.35. The number of carbonyl (C=O) groups is 2. The second-order valence-electron chi connectivity index (χ2n) is 7.33. The summed E-state index contributed by atoms with van der Waals surface area (Å²) in [6.07, 6.45) is 6.01. The van der Waals surface area contributed by atoms with Crippen LogP contribution in [-0.4, -0.2) is 68.0 Å². The number of aryl methyl sites for hydroxylation is 2. The second kappa shape index (κ2) is 10.6. The van der Waals surface area contributed by atoms with Gasteiger partial charge in [0.25, 0.3) is 0 Å². The van der Waals surface area contributed by atoms with E-state index in [1.807, 2.05) is 0 Å². The summed E-state index contributed by atoms with van der Waals surface area (Å²) in [6.45, 7) is 4.82. The summed E-state index contributed by atoms with van der Waals surface area (Å²) in [5.41, 5.74) is 11.3. The Morgan fingerprint density at radius 3 is 2.35 bits per heavy atom. The molecule has 1 saturated heterocycles. The van der Waals surface area contributed by atoms with Crippen molar-refractivity contribution in [2.24, 2.45) is 5.73 Å². The average Bonchev–Trinajstić information content (AvgIpc) is 3.16. The summed E-state index contributed by atoms with van der Waals surface area (Å²) in [4.78, 5) is 26.2. The van der Waals surface area contributed by atoms with Gasteiger partial charge < -0.3 is 20.8 Å². The van der Waals surface area contributed by atoms with E-state index >= 15 is 0 Å². The Kier molecular flexibility index (Phi) is 7.69. The molecule has 0 bridgehead atoms. The highest BCUT2D eigenvalue weighted by Gasteiger charge is 2.25. The topological polar surface area (TPSA) is 135 Å². The van der Waals surface area contributed by atoms with Crippen molar-refractivity contribution < 1.29 is 19.8 Å². The minimum Gasteiger partial charge on any atom is -0.478 e. The highest BCUT2D eigenvalue weighted by Crippen LogP contribution is 2.35. The normalized spacial score (nSPS) is 16.2. The van der Waals surface area contributed by atoms with E-state index < -0.39 is 11.9 Å². The zero-order chi connectivity index (χ0) is 22.2. The van der Waals surface area contributed by atoms with E-state index in [2.05, 4.69) is 43.9 Å². The number of aliphatic carboxylic acids is 2. The molecule has 31 heavy (non-hydrogen) atoms. The maximum Gasteiger partial charge on any atom is 0.328 e. The van der Waals surface area contributed by atoms with Crippen LogP contribution in [0.4, 0.5) is 0 Å². The number of carboxylic acids is 2. The summed E-state index contributed by atoms with van der Waals surface area (Å²) in [5, 5.41) is 20.1. The van der Waals surface area contributed by atoms with E-state index in [-0.39, 0.29) is 0 Å². The molecule has 0 unspecified atom stereocenters. The van der Waals surface area contributed by atoms with Crippen molar-refractivity contribution in [2.45, 2.75) is 25.8 Å². The van der Waals surface area contributed by atoms with Crippen molar-refractivity contribution in [2.75, 3.05) is 26.2 Å². The van der Waals surface area contributed by atoms with Gasteiger partial charge in [0.2, 0.25) is 0 Å². The predicted molar refractivity (Wildman–Crippen MR) is 115 cm³/mol. The monoisotopic (exact) mass is 425 g/mol. The molecule has 1 fully saturated rings. The molecule has 4 rings (SSSR count). The number of carboxylic acid groups (broad SMARTS) is 2. The smallest absolute Gasteiger partial charge is 0.328 e. The second-order valence-corrected chi connectivity index (χ2v) is 7.33.